The van der Waals surface area contributed by atoms with Gasteiger partial charge in [0.05, 0.1) is 22.8 Å². The molecule has 1 heterocycles. The summed E-state index contributed by atoms with van der Waals surface area (Å²) in [5.74, 6) is -3.37. The number of amides is 3. The summed E-state index contributed by atoms with van der Waals surface area (Å²) in [6.45, 7) is 3.28. The number of carbonyl (C=O) groups is 5. The second-order valence-corrected chi connectivity index (χ2v) is 10.4. The first-order valence-electron chi connectivity index (χ1n) is 11.5. The van der Waals surface area contributed by atoms with Crippen LogP contribution in [0.3, 0.4) is 0 Å². The number of aliphatic carboxylic acids is 1. The van der Waals surface area contributed by atoms with Crippen molar-refractivity contribution in [3.05, 3.63) is 82.8 Å². The van der Waals surface area contributed by atoms with Crippen LogP contribution in [0.2, 0.25) is 0 Å². The summed E-state index contributed by atoms with van der Waals surface area (Å²) in [4.78, 5) is 61.9. The zero-order valence-electron chi connectivity index (χ0n) is 21.1. The summed E-state index contributed by atoms with van der Waals surface area (Å²) >= 11 is 2.18. The SMILES string of the molecule is COC(=O)c1c(NC(=O)C(C)Sc2cccc(NC(=O)/C=C/C(=O)O)c2)sc(C(=O)Nc2ccccc2)c1C. The summed E-state index contributed by atoms with van der Waals surface area (Å²) in [7, 11) is 1.22. The van der Waals surface area contributed by atoms with Crippen molar-refractivity contribution >= 4 is 69.1 Å². The highest BCUT2D eigenvalue weighted by atomic mass is 32.2. The van der Waals surface area contributed by atoms with Crippen LogP contribution in [-0.4, -0.2) is 47.1 Å². The molecule has 10 nitrogen and oxygen atoms in total. The Morgan fingerprint density at radius 2 is 1.64 bits per heavy atom. The van der Waals surface area contributed by atoms with Gasteiger partial charge >= 0.3 is 11.9 Å². The number of hydrogen-bond donors (Lipinski definition) is 4. The van der Waals surface area contributed by atoms with Gasteiger partial charge in [-0.2, -0.15) is 0 Å². The topological polar surface area (TPSA) is 151 Å². The fourth-order valence-electron chi connectivity index (χ4n) is 3.32. The molecule has 3 rings (SSSR count). The van der Waals surface area contributed by atoms with Crippen molar-refractivity contribution in [3.63, 3.8) is 0 Å². The predicted octanol–water partition coefficient (Wildman–Crippen LogP) is 4.79. The Hall–Kier alpha value is -4.42. The molecule has 0 spiro atoms. The van der Waals surface area contributed by atoms with Gasteiger partial charge in [-0.25, -0.2) is 9.59 Å². The molecule has 3 aromatic rings. The van der Waals surface area contributed by atoms with Crippen molar-refractivity contribution in [2.75, 3.05) is 23.1 Å². The molecule has 0 aliphatic heterocycles. The Morgan fingerprint density at radius 1 is 0.949 bits per heavy atom. The molecule has 202 valence electrons. The Morgan fingerprint density at radius 3 is 2.31 bits per heavy atom. The molecule has 0 saturated carbocycles. The lowest BCUT2D eigenvalue weighted by Gasteiger charge is -2.13. The number of thiophene rings is 1. The molecule has 0 bridgehead atoms. The third-order valence-electron chi connectivity index (χ3n) is 5.17. The lowest BCUT2D eigenvalue weighted by atomic mass is 10.1. The second-order valence-electron chi connectivity index (χ2n) is 8.01. The molecule has 0 radical (unpaired) electrons. The number of carbonyl (C=O) groups excluding carboxylic acids is 4. The molecule has 12 heteroatoms. The molecule has 4 N–H and O–H groups in total. The van der Waals surface area contributed by atoms with E-state index in [1.807, 2.05) is 6.07 Å². The average molecular weight is 568 g/mol. The summed E-state index contributed by atoms with van der Waals surface area (Å²) in [6.07, 6.45) is 1.63. The van der Waals surface area contributed by atoms with Gasteiger partial charge in [-0.15, -0.1) is 23.1 Å². The third-order valence-corrected chi connectivity index (χ3v) is 7.47. The van der Waals surface area contributed by atoms with Gasteiger partial charge in [-0.05, 0) is 49.7 Å². The number of thioether (sulfide) groups is 1. The van der Waals surface area contributed by atoms with E-state index in [0.717, 1.165) is 23.5 Å². The van der Waals surface area contributed by atoms with E-state index in [4.69, 9.17) is 9.84 Å². The molecule has 3 amide bonds. The number of anilines is 3. The van der Waals surface area contributed by atoms with E-state index in [1.54, 1.807) is 62.4 Å². The summed E-state index contributed by atoms with van der Waals surface area (Å²) in [6, 6.07) is 15.5. The van der Waals surface area contributed by atoms with Crippen molar-refractivity contribution < 1.29 is 33.8 Å². The first-order chi connectivity index (χ1) is 18.6. The van der Waals surface area contributed by atoms with Crippen LogP contribution in [0.15, 0.2) is 71.6 Å². The van der Waals surface area contributed by atoms with Crippen LogP contribution in [0, 0.1) is 6.92 Å². The van der Waals surface area contributed by atoms with Gasteiger partial charge in [-0.3, -0.25) is 14.4 Å². The standard InChI is InChI=1S/C27H25N3O7S2/c1-15-22(27(36)37-3)26(39-23(15)25(35)29-17-8-5-4-6-9-17)30-24(34)16(2)38-19-11-7-10-18(14-19)28-20(31)12-13-21(32)33/h4-14,16H,1-3H3,(H,28,31)(H,29,35)(H,30,34)(H,32,33)/b13-12+. The number of methoxy groups -OCH3 is 1. The van der Waals surface area contributed by atoms with Crippen LogP contribution in [-0.2, 0) is 19.1 Å². The fourth-order valence-corrected chi connectivity index (χ4v) is 5.34. The molecule has 1 aromatic heterocycles. The quantitative estimate of drug-likeness (QED) is 0.155. The molecule has 2 aromatic carbocycles. The van der Waals surface area contributed by atoms with E-state index >= 15 is 0 Å². The predicted molar refractivity (Wildman–Crippen MR) is 151 cm³/mol. The smallest absolute Gasteiger partial charge is 0.341 e. The molecular weight excluding hydrogens is 542 g/mol. The van der Waals surface area contributed by atoms with Gasteiger partial charge in [0.1, 0.15) is 5.00 Å². The van der Waals surface area contributed by atoms with E-state index in [1.165, 1.54) is 18.9 Å². The maximum absolute atomic E-state index is 13.1. The Bertz CT molecular complexity index is 1430. The normalized spacial score (nSPS) is 11.5. The van der Waals surface area contributed by atoms with Gasteiger partial charge in [0.2, 0.25) is 11.8 Å². The van der Waals surface area contributed by atoms with Crippen LogP contribution in [0.1, 0.15) is 32.5 Å². The molecule has 0 saturated heterocycles. The second kappa shape index (κ2) is 13.4. The van der Waals surface area contributed by atoms with E-state index < -0.39 is 34.9 Å². The largest absolute Gasteiger partial charge is 0.478 e. The lowest BCUT2D eigenvalue weighted by molar-refractivity contribution is -0.131. The Labute approximate surface area is 232 Å². The van der Waals surface area contributed by atoms with Gasteiger partial charge in [0, 0.05) is 28.4 Å². The maximum atomic E-state index is 13.1. The highest BCUT2D eigenvalue weighted by Crippen LogP contribution is 2.35. The first kappa shape index (κ1) is 29.1. The summed E-state index contributed by atoms with van der Waals surface area (Å²) in [5.41, 5.74) is 1.49. The van der Waals surface area contributed by atoms with Crippen molar-refractivity contribution in [3.8, 4) is 0 Å². The minimum absolute atomic E-state index is 0.102. The number of para-hydroxylation sites is 1. The summed E-state index contributed by atoms with van der Waals surface area (Å²) < 4.78 is 4.89. The molecule has 0 aliphatic carbocycles. The average Bonchev–Trinajstić information content (AvgIpc) is 3.23. The molecular formula is C27H25N3O7S2. The van der Waals surface area contributed by atoms with Crippen LogP contribution >= 0.6 is 23.1 Å². The number of ether oxygens (including phenoxy) is 1. The van der Waals surface area contributed by atoms with Crippen molar-refractivity contribution in [2.45, 2.75) is 24.0 Å². The highest BCUT2D eigenvalue weighted by Gasteiger charge is 2.27. The number of benzene rings is 2. The number of carboxylic acid groups (broad SMARTS) is 1. The van der Waals surface area contributed by atoms with Crippen LogP contribution in [0.4, 0.5) is 16.4 Å². The van der Waals surface area contributed by atoms with Crippen molar-refractivity contribution in [2.24, 2.45) is 0 Å². The zero-order valence-corrected chi connectivity index (χ0v) is 22.8. The third kappa shape index (κ3) is 8.03. The van der Waals surface area contributed by atoms with Gasteiger partial charge < -0.3 is 25.8 Å². The first-order valence-corrected chi connectivity index (χ1v) is 13.2. The molecule has 1 atom stereocenters. The van der Waals surface area contributed by atoms with Crippen LogP contribution in [0.25, 0.3) is 0 Å². The number of rotatable bonds is 10. The number of hydrogen-bond acceptors (Lipinski definition) is 8. The maximum Gasteiger partial charge on any atom is 0.341 e. The Kier molecular flexibility index (Phi) is 10.0. The van der Waals surface area contributed by atoms with E-state index in [2.05, 4.69) is 16.0 Å². The monoisotopic (exact) mass is 567 g/mol. The lowest BCUT2D eigenvalue weighted by Crippen LogP contribution is -2.23. The fraction of sp³-hybridized carbons (Fsp3) is 0.148. The van der Waals surface area contributed by atoms with Gasteiger partial charge in [0.15, 0.2) is 0 Å². The zero-order chi connectivity index (χ0) is 28.5. The molecule has 39 heavy (non-hydrogen) atoms. The summed E-state index contributed by atoms with van der Waals surface area (Å²) in [5, 5.41) is 16.3. The molecule has 1 unspecified atom stereocenters. The van der Waals surface area contributed by atoms with Crippen LogP contribution < -0.4 is 16.0 Å². The van der Waals surface area contributed by atoms with Gasteiger partial charge in [0.25, 0.3) is 5.91 Å². The number of esters is 1. The van der Waals surface area contributed by atoms with Crippen LogP contribution in [0.5, 0.6) is 0 Å². The Balaban J connectivity index is 1.74. The number of nitrogens with one attached hydrogen (secondary N) is 3. The minimum atomic E-state index is -1.24. The molecule has 0 fully saturated rings. The van der Waals surface area contributed by atoms with Crippen molar-refractivity contribution in [1.82, 2.24) is 0 Å². The van der Waals surface area contributed by atoms with E-state index in [0.29, 0.717) is 21.8 Å². The van der Waals surface area contributed by atoms with Gasteiger partial charge in [-0.1, -0.05) is 24.3 Å². The van der Waals surface area contributed by atoms with Crippen molar-refractivity contribution in [1.29, 1.82) is 0 Å². The minimum Gasteiger partial charge on any atom is -0.478 e. The molecule has 0 aliphatic rings. The highest BCUT2D eigenvalue weighted by molar-refractivity contribution is 8.00. The van der Waals surface area contributed by atoms with E-state index in [-0.39, 0.29) is 15.4 Å². The van der Waals surface area contributed by atoms with E-state index in [9.17, 15) is 24.0 Å². The number of carboxylic acids is 1.